The highest BCUT2D eigenvalue weighted by Gasteiger charge is 2.24. The first-order valence-electron chi connectivity index (χ1n) is 6.53. The second kappa shape index (κ2) is 5.65. The molecule has 1 heterocycles. The number of nitrogens with zero attached hydrogens (tertiary/aromatic N) is 1. The van der Waals surface area contributed by atoms with Crippen LogP contribution in [0.3, 0.4) is 0 Å². The van der Waals surface area contributed by atoms with Gasteiger partial charge in [0.25, 0.3) is 0 Å². The monoisotopic (exact) mass is 238 g/mol. The molecule has 2 rings (SSSR count). The summed E-state index contributed by atoms with van der Waals surface area (Å²) in [6, 6.07) is 1.52. The first-order chi connectivity index (χ1) is 8.16. The number of aryl methyl sites for hydroxylation is 1. The van der Waals surface area contributed by atoms with Gasteiger partial charge < -0.3 is 15.4 Å². The maximum atomic E-state index is 10.1. The predicted octanol–water partition coefficient (Wildman–Crippen LogP) is 2.31. The van der Waals surface area contributed by atoms with Crippen LogP contribution < -0.4 is 5.73 Å². The van der Waals surface area contributed by atoms with E-state index in [9.17, 15) is 5.11 Å². The van der Waals surface area contributed by atoms with Crippen molar-refractivity contribution in [2.24, 2.45) is 11.7 Å². The normalized spacial score (nSPS) is 21.4. The standard InChI is InChI=1S/C13H22N2O2/c1-9-7-12(15-17-9)13(16)11(14)8-10-5-3-2-4-6-10/h7,10-11,13,16H,2-6,8,14H2,1H3. The minimum atomic E-state index is -0.700. The maximum absolute atomic E-state index is 10.1. The Bertz CT molecular complexity index is 345. The molecule has 1 aromatic heterocycles. The second-order valence-corrected chi connectivity index (χ2v) is 5.21. The van der Waals surface area contributed by atoms with E-state index >= 15 is 0 Å². The summed E-state index contributed by atoms with van der Waals surface area (Å²) < 4.78 is 4.96. The van der Waals surface area contributed by atoms with Gasteiger partial charge in [-0.1, -0.05) is 37.3 Å². The van der Waals surface area contributed by atoms with E-state index in [2.05, 4.69) is 5.16 Å². The molecule has 17 heavy (non-hydrogen) atoms. The lowest BCUT2D eigenvalue weighted by Crippen LogP contribution is -2.31. The van der Waals surface area contributed by atoms with Crippen LogP contribution >= 0.6 is 0 Å². The molecule has 4 heteroatoms. The van der Waals surface area contributed by atoms with Gasteiger partial charge in [0.2, 0.25) is 0 Å². The van der Waals surface area contributed by atoms with Gasteiger partial charge in [-0.15, -0.1) is 0 Å². The fourth-order valence-electron chi connectivity index (χ4n) is 2.68. The van der Waals surface area contributed by atoms with Gasteiger partial charge in [-0.2, -0.15) is 0 Å². The van der Waals surface area contributed by atoms with E-state index in [0.29, 0.717) is 17.4 Å². The first kappa shape index (κ1) is 12.6. The second-order valence-electron chi connectivity index (χ2n) is 5.21. The average molecular weight is 238 g/mol. The predicted molar refractivity (Wildman–Crippen MR) is 65.4 cm³/mol. The van der Waals surface area contributed by atoms with Crippen molar-refractivity contribution in [3.05, 3.63) is 17.5 Å². The third-order valence-corrected chi connectivity index (χ3v) is 3.69. The van der Waals surface area contributed by atoms with Crippen LogP contribution in [-0.2, 0) is 0 Å². The molecule has 0 aliphatic heterocycles. The van der Waals surface area contributed by atoms with E-state index in [-0.39, 0.29) is 6.04 Å². The largest absolute Gasteiger partial charge is 0.385 e. The van der Waals surface area contributed by atoms with Gasteiger partial charge in [-0.25, -0.2) is 0 Å². The van der Waals surface area contributed by atoms with Crippen LogP contribution in [0.4, 0.5) is 0 Å². The van der Waals surface area contributed by atoms with E-state index in [1.807, 2.05) is 6.92 Å². The lowest BCUT2D eigenvalue weighted by molar-refractivity contribution is 0.120. The zero-order chi connectivity index (χ0) is 12.3. The summed E-state index contributed by atoms with van der Waals surface area (Å²) in [6.45, 7) is 1.82. The molecule has 0 bridgehead atoms. The average Bonchev–Trinajstić information content (AvgIpc) is 2.76. The molecule has 0 aromatic carbocycles. The fraction of sp³-hybridized carbons (Fsp3) is 0.769. The highest BCUT2D eigenvalue weighted by molar-refractivity contribution is 5.08. The van der Waals surface area contributed by atoms with Gasteiger partial charge in [0.05, 0.1) is 0 Å². The molecule has 0 saturated heterocycles. The minimum absolute atomic E-state index is 0.234. The Balaban J connectivity index is 1.88. The molecule has 1 aliphatic rings. The number of hydrogen-bond donors (Lipinski definition) is 2. The van der Waals surface area contributed by atoms with Crippen LogP contribution in [0.15, 0.2) is 10.6 Å². The van der Waals surface area contributed by atoms with E-state index in [0.717, 1.165) is 6.42 Å². The zero-order valence-corrected chi connectivity index (χ0v) is 10.4. The Morgan fingerprint density at radius 2 is 2.18 bits per heavy atom. The van der Waals surface area contributed by atoms with Crippen LogP contribution in [0.25, 0.3) is 0 Å². The summed E-state index contributed by atoms with van der Waals surface area (Å²) in [6.07, 6.45) is 6.63. The van der Waals surface area contributed by atoms with Crippen molar-refractivity contribution in [1.82, 2.24) is 5.16 Å². The van der Waals surface area contributed by atoms with Gasteiger partial charge in [-0.3, -0.25) is 0 Å². The SMILES string of the molecule is Cc1cc(C(O)C(N)CC2CCCCC2)no1. The quantitative estimate of drug-likeness (QED) is 0.844. The van der Waals surface area contributed by atoms with Crippen LogP contribution in [-0.4, -0.2) is 16.3 Å². The molecule has 2 atom stereocenters. The van der Waals surface area contributed by atoms with Crippen molar-refractivity contribution in [3.8, 4) is 0 Å². The molecular weight excluding hydrogens is 216 g/mol. The lowest BCUT2D eigenvalue weighted by atomic mass is 9.83. The number of aromatic nitrogens is 1. The zero-order valence-electron chi connectivity index (χ0n) is 10.4. The van der Waals surface area contributed by atoms with Crippen molar-refractivity contribution in [1.29, 1.82) is 0 Å². The fourth-order valence-corrected chi connectivity index (χ4v) is 2.68. The molecule has 3 N–H and O–H groups in total. The van der Waals surface area contributed by atoms with Gasteiger partial charge in [-0.05, 0) is 19.3 Å². The molecule has 96 valence electrons. The minimum Gasteiger partial charge on any atom is -0.385 e. The Kier molecular flexibility index (Phi) is 4.18. The molecule has 1 aliphatic carbocycles. The third-order valence-electron chi connectivity index (χ3n) is 3.69. The first-order valence-corrected chi connectivity index (χ1v) is 6.53. The van der Waals surface area contributed by atoms with Gasteiger partial charge in [0.1, 0.15) is 17.6 Å². The topological polar surface area (TPSA) is 72.3 Å². The van der Waals surface area contributed by atoms with E-state index in [1.54, 1.807) is 6.07 Å². The highest BCUT2D eigenvalue weighted by Crippen LogP contribution is 2.29. The lowest BCUT2D eigenvalue weighted by Gasteiger charge is -2.26. The summed E-state index contributed by atoms with van der Waals surface area (Å²) in [7, 11) is 0. The number of rotatable bonds is 4. The highest BCUT2D eigenvalue weighted by atomic mass is 16.5. The number of hydrogen-bond acceptors (Lipinski definition) is 4. The molecule has 1 fully saturated rings. The Hall–Kier alpha value is -0.870. The van der Waals surface area contributed by atoms with E-state index < -0.39 is 6.10 Å². The van der Waals surface area contributed by atoms with Crippen LogP contribution in [0, 0.1) is 12.8 Å². The molecule has 0 radical (unpaired) electrons. The maximum Gasteiger partial charge on any atom is 0.134 e. The summed E-state index contributed by atoms with van der Waals surface area (Å²) in [4.78, 5) is 0. The van der Waals surface area contributed by atoms with Gasteiger partial charge in [0, 0.05) is 12.1 Å². The molecule has 0 spiro atoms. The van der Waals surface area contributed by atoms with Crippen LogP contribution in [0.5, 0.6) is 0 Å². The van der Waals surface area contributed by atoms with E-state index in [1.165, 1.54) is 32.1 Å². The number of aliphatic hydroxyl groups is 1. The van der Waals surface area contributed by atoms with E-state index in [4.69, 9.17) is 10.3 Å². The van der Waals surface area contributed by atoms with Crippen molar-refractivity contribution in [2.45, 2.75) is 57.6 Å². The molecular formula is C13H22N2O2. The Morgan fingerprint density at radius 3 is 2.76 bits per heavy atom. The summed E-state index contributed by atoms with van der Waals surface area (Å²) in [5, 5.41) is 13.9. The van der Waals surface area contributed by atoms with Crippen molar-refractivity contribution >= 4 is 0 Å². The number of aliphatic hydroxyl groups excluding tert-OH is 1. The molecule has 2 unspecified atom stereocenters. The van der Waals surface area contributed by atoms with Gasteiger partial charge >= 0.3 is 0 Å². The molecule has 0 amide bonds. The molecule has 4 nitrogen and oxygen atoms in total. The Labute approximate surface area is 102 Å². The number of nitrogens with two attached hydrogens (primary N) is 1. The molecule has 1 saturated carbocycles. The summed E-state index contributed by atoms with van der Waals surface area (Å²) in [5.41, 5.74) is 6.62. The third kappa shape index (κ3) is 3.30. The van der Waals surface area contributed by atoms with Gasteiger partial charge in [0.15, 0.2) is 0 Å². The van der Waals surface area contributed by atoms with Crippen LogP contribution in [0.1, 0.15) is 56.1 Å². The summed E-state index contributed by atoms with van der Waals surface area (Å²) >= 11 is 0. The van der Waals surface area contributed by atoms with Crippen molar-refractivity contribution in [2.75, 3.05) is 0 Å². The van der Waals surface area contributed by atoms with Crippen LogP contribution in [0.2, 0.25) is 0 Å². The van der Waals surface area contributed by atoms with Crippen molar-refractivity contribution < 1.29 is 9.63 Å². The summed E-state index contributed by atoms with van der Waals surface area (Å²) in [5.74, 6) is 1.38. The Morgan fingerprint density at radius 1 is 1.47 bits per heavy atom. The van der Waals surface area contributed by atoms with Crippen molar-refractivity contribution in [3.63, 3.8) is 0 Å². The smallest absolute Gasteiger partial charge is 0.134 e. The molecule has 1 aromatic rings.